The first-order valence-electron chi connectivity index (χ1n) is 7.19. The zero-order chi connectivity index (χ0) is 14.3. The molecule has 0 saturated heterocycles. The third-order valence-corrected chi connectivity index (χ3v) is 4.85. The van der Waals surface area contributed by atoms with Gasteiger partial charge in [-0.15, -0.1) is 11.8 Å². The van der Waals surface area contributed by atoms with Crippen molar-refractivity contribution in [1.29, 1.82) is 0 Å². The second-order valence-electron chi connectivity index (χ2n) is 5.09. The predicted molar refractivity (Wildman–Crippen MR) is 86.2 cm³/mol. The van der Waals surface area contributed by atoms with Crippen molar-refractivity contribution in [2.75, 3.05) is 18.6 Å². The number of unbranched alkanes of at least 4 members (excludes halogenated alkanes) is 1. The number of rotatable bonds is 8. The molecule has 0 aromatic heterocycles. The Hall–Kier alpha value is -0.830. The molecule has 0 saturated carbocycles. The highest BCUT2D eigenvalue weighted by atomic mass is 32.2. The lowest BCUT2D eigenvalue weighted by molar-refractivity contribution is 0.410. The lowest BCUT2D eigenvalue weighted by Crippen LogP contribution is -2.03. The van der Waals surface area contributed by atoms with Gasteiger partial charge in [0, 0.05) is 16.3 Å². The zero-order valence-electron chi connectivity index (χ0n) is 12.7. The van der Waals surface area contributed by atoms with E-state index in [0.29, 0.717) is 0 Å². The number of nitrogens with two attached hydrogens (primary N) is 1. The van der Waals surface area contributed by atoms with Gasteiger partial charge in [0.05, 0.1) is 7.11 Å². The Labute approximate surface area is 122 Å². The minimum absolute atomic E-state index is 0.789. The molecule has 1 rings (SSSR count). The van der Waals surface area contributed by atoms with E-state index >= 15 is 0 Å². The van der Waals surface area contributed by atoms with Crippen LogP contribution in [-0.2, 0) is 0 Å². The van der Waals surface area contributed by atoms with Crippen LogP contribution in [0.5, 0.6) is 5.75 Å². The van der Waals surface area contributed by atoms with Gasteiger partial charge in [-0.25, -0.2) is 0 Å². The molecular formula is C16H27NOS. The van der Waals surface area contributed by atoms with E-state index in [9.17, 15) is 0 Å². The molecule has 2 N–H and O–H groups in total. The first-order chi connectivity index (χ1) is 9.12. The van der Waals surface area contributed by atoms with Gasteiger partial charge in [0.15, 0.2) is 0 Å². The molecule has 0 heterocycles. The largest absolute Gasteiger partial charge is 0.496 e. The highest BCUT2D eigenvalue weighted by Crippen LogP contribution is 2.34. The Kier molecular flexibility index (Phi) is 7.14. The van der Waals surface area contributed by atoms with E-state index in [2.05, 4.69) is 19.9 Å². The third-order valence-electron chi connectivity index (χ3n) is 3.55. The second kappa shape index (κ2) is 8.36. The van der Waals surface area contributed by atoms with E-state index in [1.54, 1.807) is 7.11 Å². The third kappa shape index (κ3) is 4.98. The lowest BCUT2D eigenvalue weighted by atomic mass is 10.0. The smallest absolute Gasteiger partial charge is 0.123 e. The molecule has 1 atom stereocenters. The van der Waals surface area contributed by atoms with Gasteiger partial charge in [0.1, 0.15) is 5.75 Å². The van der Waals surface area contributed by atoms with Crippen molar-refractivity contribution in [3.8, 4) is 5.75 Å². The Morgan fingerprint density at radius 2 is 2.05 bits per heavy atom. The molecule has 2 nitrogen and oxygen atoms in total. The number of hydrogen-bond acceptors (Lipinski definition) is 3. The second-order valence-corrected chi connectivity index (χ2v) is 6.15. The van der Waals surface area contributed by atoms with Gasteiger partial charge in [0.25, 0.3) is 0 Å². The molecule has 1 unspecified atom stereocenters. The molecule has 0 aliphatic rings. The molecule has 0 amide bonds. The topological polar surface area (TPSA) is 35.2 Å². The molecular weight excluding hydrogens is 254 g/mol. The van der Waals surface area contributed by atoms with Crippen LogP contribution in [0, 0.1) is 12.8 Å². The van der Waals surface area contributed by atoms with E-state index in [0.717, 1.165) is 33.6 Å². The molecule has 19 heavy (non-hydrogen) atoms. The number of anilines is 1. The standard InChI is InChI=1S/C16H27NOS/c1-5-7-8-13(6-2)11-19-16-10-15(18-4)12(3)9-14(16)17/h9-10,13H,5-8,11,17H2,1-4H3. The van der Waals surface area contributed by atoms with Gasteiger partial charge in [-0.05, 0) is 37.0 Å². The van der Waals surface area contributed by atoms with Crippen molar-refractivity contribution < 1.29 is 4.74 Å². The first kappa shape index (κ1) is 16.2. The number of nitrogen functional groups attached to an aromatic ring is 1. The molecule has 0 spiro atoms. The van der Waals surface area contributed by atoms with Gasteiger partial charge in [-0.1, -0.05) is 33.1 Å². The highest BCUT2D eigenvalue weighted by molar-refractivity contribution is 7.99. The van der Waals surface area contributed by atoms with Crippen LogP contribution in [0.2, 0.25) is 0 Å². The van der Waals surface area contributed by atoms with Crippen molar-refractivity contribution >= 4 is 17.4 Å². The fourth-order valence-corrected chi connectivity index (χ4v) is 3.38. The molecule has 0 aliphatic carbocycles. The predicted octanol–water partition coefficient (Wildman–Crippen LogP) is 4.89. The molecule has 1 aromatic rings. The molecule has 108 valence electrons. The fraction of sp³-hybridized carbons (Fsp3) is 0.625. The molecule has 3 heteroatoms. The quantitative estimate of drug-likeness (QED) is 0.544. The van der Waals surface area contributed by atoms with Crippen molar-refractivity contribution in [1.82, 2.24) is 0 Å². The molecule has 0 fully saturated rings. The van der Waals surface area contributed by atoms with E-state index in [-0.39, 0.29) is 0 Å². The number of aryl methyl sites for hydroxylation is 1. The summed E-state index contributed by atoms with van der Waals surface area (Å²) in [4.78, 5) is 1.15. The summed E-state index contributed by atoms with van der Waals surface area (Å²) in [6.45, 7) is 6.56. The van der Waals surface area contributed by atoms with Gasteiger partial charge < -0.3 is 10.5 Å². The summed E-state index contributed by atoms with van der Waals surface area (Å²) in [6.07, 6.45) is 5.17. The number of ether oxygens (including phenoxy) is 1. The van der Waals surface area contributed by atoms with Crippen LogP contribution in [-0.4, -0.2) is 12.9 Å². The minimum atomic E-state index is 0.789. The van der Waals surface area contributed by atoms with E-state index < -0.39 is 0 Å². The number of thioether (sulfide) groups is 1. The summed E-state index contributed by atoms with van der Waals surface area (Å²) >= 11 is 1.86. The monoisotopic (exact) mass is 281 g/mol. The summed E-state index contributed by atoms with van der Waals surface area (Å²) in [5.74, 6) is 2.86. The number of methoxy groups -OCH3 is 1. The lowest BCUT2D eigenvalue weighted by Gasteiger charge is -2.16. The van der Waals surface area contributed by atoms with Gasteiger partial charge in [-0.3, -0.25) is 0 Å². The Bertz CT molecular complexity index is 393. The average molecular weight is 281 g/mol. The normalized spacial score (nSPS) is 12.4. The summed E-state index contributed by atoms with van der Waals surface area (Å²) in [5.41, 5.74) is 8.06. The minimum Gasteiger partial charge on any atom is -0.496 e. The zero-order valence-corrected chi connectivity index (χ0v) is 13.5. The van der Waals surface area contributed by atoms with Crippen LogP contribution in [0.4, 0.5) is 5.69 Å². The number of benzene rings is 1. The Morgan fingerprint density at radius 3 is 2.63 bits per heavy atom. The first-order valence-corrected chi connectivity index (χ1v) is 8.17. The molecule has 0 radical (unpaired) electrons. The van der Waals surface area contributed by atoms with Crippen molar-refractivity contribution in [2.45, 2.75) is 51.3 Å². The van der Waals surface area contributed by atoms with Gasteiger partial charge in [0.2, 0.25) is 0 Å². The van der Waals surface area contributed by atoms with Crippen LogP contribution in [0.1, 0.15) is 45.1 Å². The fourth-order valence-electron chi connectivity index (χ4n) is 2.14. The summed E-state index contributed by atoms with van der Waals surface area (Å²) in [5, 5.41) is 0. The van der Waals surface area contributed by atoms with E-state index in [1.165, 1.54) is 25.7 Å². The summed E-state index contributed by atoms with van der Waals surface area (Å²) < 4.78 is 5.37. The van der Waals surface area contributed by atoms with Crippen LogP contribution in [0.25, 0.3) is 0 Å². The summed E-state index contributed by atoms with van der Waals surface area (Å²) in [6, 6.07) is 4.08. The summed E-state index contributed by atoms with van der Waals surface area (Å²) in [7, 11) is 1.71. The van der Waals surface area contributed by atoms with Crippen LogP contribution < -0.4 is 10.5 Å². The van der Waals surface area contributed by atoms with E-state index in [1.807, 2.05) is 24.8 Å². The van der Waals surface area contributed by atoms with E-state index in [4.69, 9.17) is 10.5 Å². The molecule has 1 aromatic carbocycles. The van der Waals surface area contributed by atoms with Crippen LogP contribution >= 0.6 is 11.8 Å². The number of hydrogen-bond donors (Lipinski definition) is 1. The SMILES string of the molecule is CCCCC(CC)CSc1cc(OC)c(C)cc1N. The molecule has 0 aliphatic heterocycles. The highest BCUT2D eigenvalue weighted by Gasteiger charge is 2.10. The molecule has 0 bridgehead atoms. The Morgan fingerprint density at radius 1 is 1.32 bits per heavy atom. The maximum Gasteiger partial charge on any atom is 0.123 e. The average Bonchev–Trinajstić information content (AvgIpc) is 2.41. The Balaban J connectivity index is 2.65. The van der Waals surface area contributed by atoms with Crippen molar-refractivity contribution in [2.24, 2.45) is 5.92 Å². The maximum atomic E-state index is 6.10. The van der Waals surface area contributed by atoms with Crippen LogP contribution in [0.15, 0.2) is 17.0 Å². The maximum absolute atomic E-state index is 6.10. The van der Waals surface area contributed by atoms with Crippen LogP contribution in [0.3, 0.4) is 0 Å². The van der Waals surface area contributed by atoms with Gasteiger partial charge in [-0.2, -0.15) is 0 Å². The van der Waals surface area contributed by atoms with Crippen molar-refractivity contribution in [3.05, 3.63) is 17.7 Å². The van der Waals surface area contributed by atoms with Gasteiger partial charge >= 0.3 is 0 Å². The van der Waals surface area contributed by atoms with Crippen molar-refractivity contribution in [3.63, 3.8) is 0 Å².